The third kappa shape index (κ3) is 0.713. The smallest absolute Gasteiger partial charge is 0.126 e. The Morgan fingerprint density at radius 2 is 2.25 bits per heavy atom. The summed E-state index contributed by atoms with van der Waals surface area (Å²) in [5.74, 6) is -0.213. The lowest BCUT2D eigenvalue weighted by Crippen LogP contribution is -1.57. The highest BCUT2D eigenvalue weighted by molar-refractivity contribution is 5.52. The van der Waals surface area contributed by atoms with Crippen molar-refractivity contribution in [3.8, 4) is 0 Å². The van der Waals surface area contributed by atoms with Crippen LogP contribution in [0.3, 0.4) is 0 Å². The number of halogens is 1. The first-order valence-corrected chi connectivity index (χ1v) is 2.45. The van der Waals surface area contributed by atoms with Gasteiger partial charge in [0.1, 0.15) is 5.83 Å². The molecule has 1 heteroatoms. The maximum Gasteiger partial charge on any atom is 0.126 e. The minimum atomic E-state index is -0.213. The molecule has 0 aliphatic heterocycles. The molecule has 42 valence electrons. The average molecular weight is 110 g/mol. The number of allylic oxidation sites excluding steroid dienone is 4. The molecule has 0 aromatic rings. The lowest BCUT2D eigenvalue weighted by Gasteiger charge is -1.75. The van der Waals surface area contributed by atoms with Gasteiger partial charge in [-0.2, -0.15) is 0 Å². The lowest BCUT2D eigenvalue weighted by molar-refractivity contribution is 0.664. The molecule has 0 atom stereocenters. The predicted molar refractivity (Wildman–Crippen MR) is 32.1 cm³/mol. The Labute approximate surface area is 48.0 Å². The van der Waals surface area contributed by atoms with E-state index in [4.69, 9.17) is 0 Å². The van der Waals surface area contributed by atoms with Gasteiger partial charge in [0.15, 0.2) is 0 Å². The van der Waals surface area contributed by atoms with E-state index < -0.39 is 0 Å². The van der Waals surface area contributed by atoms with Crippen LogP contribution in [0.1, 0.15) is 6.42 Å². The molecule has 1 fully saturated rings. The Bertz CT molecular complexity index is 175. The normalized spacial score (nSPS) is 22.9. The molecule has 0 aromatic carbocycles. The maximum absolute atomic E-state index is 12.3. The fourth-order valence-corrected chi connectivity index (χ4v) is 0.546. The summed E-state index contributed by atoms with van der Waals surface area (Å²) < 4.78 is 12.3. The molecule has 0 nitrogen and oxygen atoms in total. The van der Waals surface area contributed by atoms with Gasteiger partial charge in [0.2, 0.25) is 0 Å². The third-order valence-corrected chi connectivity index (χ3v) is 1.16. The third-order valence-electron chi connectivity index (χ3n) is 1.16. The van der Waals surface area contributed by atoms with Crippen molar-refractivity contribution in [1.82, 2.24) is 0 Å². The lowest BCUT2D eigenvalue weighted by atomic mass is 10.4. The molecular formula is C7H7F. The van der Waals surface area contributed by atoms with Gasteiger partial charge in [-0.25, -0.2) is 4.39 Å². The molecule has 0 bridgehead atoms. The second kappa shape index (κ2) is 1.58. The van der Waals surface area contributed by atoms with Crippen molar-refractivity contribution in [3.63, 3.8) is 0 Å². The topological polar surface area (TPSA) is 0 Å². The van der Waals surface area contributed by atoms with Crippen LogP contribution in [0.15, 0.2) is 36.2 Å². The minimum absolute atomic E-state index is 0.213. The Morgan fingerprint density at radius 1 is 1.75 bits per heavy atom. The van der Waals surface area contributed by atoms with Crippen LogP contribution in [0, 0.1) is 0 Å². The first-order chi connectivity index (χ1) is 3.75. The van der Waals surface area contributed by atoms with Gasteiger partial charge in [0, 0.05) is 6.42 Å². The summed E-state index contributed by atoms with van der Waals surface area (Å²) >= 11 is 0. The first kappa shape index (κ1) is 5.29. The summed E-state index contributed by atoms with van der Waals surface area (Å²) in [7, 11) is 0. The Kier molecular flexibility index (Phi) is 1.05. The quantitative estimate of drug-likeness (QED) is 0.486. The number of hydrogen-bond acceptors (Lipinski definition) is 0. The van der Waals surface area contributed by atoms with Crippen molar-refractivity contribution in [2.75, 3.05) is 0 Å². The van der Waals surface area contributed by atoms with Gasteiger partial charge in [-0.15, -0.1) is 0 Å². The molecule has 1 aliphatic rings. The van der Waals surface area contributed by atoms with Gasteiger partial charge >= 0.3 is 0 Å². The molecular weight excluding hydrogens is 103 g/mol. The number of hydrogen-bond donors (Lipinski definition) is 0. The second-order valence-corrected chi connectivity index (χ2v) is 1.81. The summed E-state index contributed by atoms with van der Waals surface area (Å²) in [6, 6.07) is 0. The predicted octanol–water partition coefficient (Wildman–Crippen LogP) is 2.36. The Morgan fingerprint density at radius 3 is 2.38 bits per heavy atom. The minimum Gasteiger partial charge on any atom is -0.207 e. The van der Waals surface area contributed by atoms with E-state index in [0.717, 1.165) is 17.6 Å². The van der Waals surface area contributed by atoms with E-state index in [2.05, 4.69) is 13.2 Å². The van der Waals surface area contributed by atoms with Crippen LogP contribution >= 0.6 is 0 Å². The van der Waals surface area contributed by atoms with Crippen LogP contribution in [-0.4, -0.2) is 0 Å². The van der Waals surface area contributed by atoms with Crippen LogP contribution in [0.25, 0.3) is 0 Å². The summed E-state index contributed by atoms with van der Waals surface area (Å²) in [5.41, 5.74) is 1.64. The largest absolute Gasteiger partial charge is 0.207 e. The van der Waals surface area contributed by atoms with E-state index in [9.17, 15) is 4.39 Å². The molecule has 0 amide bonds. The molecule has 0 aromatic heterocycles. The first-order valence-electron chi connectivity index (χ1n) is 2.45. The van der Waals surface area contributed by atoms with Crippen molar-refractivity contribution in [2.24, 2.45) is 0 Å². The molecule has 0 radical (unpaired) electrons. The standard InChI is InChI=1S/C7H7F/c1-3-7(8)6-4-5(6)2/h3H,1-2,4H2/b7-6+. The van der Waals surface area contributed by atoms with Crippen molar-refractivity contribution in [1.29, 1.82) is 0 Å². The highest BCUT2D eigenvalue weighted by Gasteiger charge is 2.21. The molecule has 8 heavy (non-hydrogen) atoms. The van der Waals surface area contributed by atoms with Gasteiger partial charge in [-0.1, -0.05) is 13.2 Å². The van der Waals surface area contributed by atoms with Gasteiger partial charge in [-0.3, -0.25) is 0 Å². The van der Waals surface area contributed by atoms with Gasteiger partial charge in [0.05, 0.1) is 0 Å². The van der Waals surface area contributed by atoms with Crippen molar-refractivity contribution in [2.45, 2.75) is 6.42 Å². The summed E-state index contributed by atoms with van der Waals surface area (Å²) in [6.07, 6.45) is 1.95. The summed E-state index contributed by atoms with van der Waals surface area (Å²) in [4.78, 5) is 0. The van der Waals surface area contributed by atoms with E-state index in [1.165, 1.54) is 6.08 Å². The fraction of sp³-hybridized carbons (Fsp3) is 0.143. The van der Waals surface area contributed by atoms with Gasteiger partial charge < -0.3 is 0 Å². The fourth-order valence-electron chi connectivity index (χ4n) is 0.546. The van der Waals surface area contributed by atoms with Crippen LogP contribution in [0.4, 0.5) is 4.39 Å². The second-order valence-electron chi connectivity index (χ2n) is 1.81. The van der Waals surface area contributed by atoms with Gasteiger partial charge in [0.25, 0.3) is 0 Å². The average Bonchev–Trinajstić information content (AvgIpc) is 2.45. The van der Waals surface area contributed by atoms with Crippen LogP contribution < -0.4 is 0 Å². The van der Waals surface area contributed by atoms with Crippen LogP contribution in [0.2, 0.25) is 0 Å². The zero-order valence-corrected chi connectivity index (χ0v) is 4.58. The van der Waals surface area contributed by atoms with E-state index in [1.54, 1.807) is 0 Å². The van der Waals surface area contributed by atoms with E-state index in [1.807, 2.05) is 0 Å². The van der Waals surface area contributed by atoms with E-state index in [0.29, 0.717) is 0 Å². The highest BCUT2D eigenvalue weighted by Crippen LogP contribution is 2.38. The molecule has 1 saturated carbocycles. The molecule has 1 rings (SSSR count). The van der Waals surface area contributed by atoms with Crippen LogP contribution in [-0.2, 0) is 0 Å². The number of rotatable bonds is 1. The zero-order valence-electron chi connectivity index (χ0n) is 4.58. The molecule has 0 N–H and O–H groups in total. The van der Waals surface area contributed by atoms with Gasteiger partial charge in [-0.05, 0) is 17.2 Å². The molecule has 1 aliphatic carbocycles. The molecule has 0 saturated heterocycles. The van der Waals surface area contributed by atoms with Crippen LogP contribution in [0.5, 0.6) is 0 Å². The van der Waals surface area contributed by atoms with Crippen molar-refractivity contribution in [3.05, 3.63) is 36.2 Å². The summed E-state index contributed by atoms with van der Waals surface area (Å²) in [5, 5.41) is 0. The Hall–Kier alpha value is -0.850. The molecule has 0 unspecified atom stereocenters. The van der Waals surface area contributed by atoms with E-state index in [-0.39, 0.29) is 5.83 Å². The SMILES string of the molecule is C=C/C(F)=C1/CC1=C. The van der Waals surface area contributed by atoms with E-state index >= 15 is 0 Å². The highest BCUT2D eigenvalue weighted by atomic mass is 19.1. The summed E-state index contributed by atoms with van der Waals surface area (Å²) in [6.45, 7) is 6.85. The van der Waals surface area contributed by atoms with Crippen molar-refractivity contribution >= 4 is 0 Å². The zero-order chi connectivity index (χ0) is 6.15. The molecule has 0 spiro atoms. The Balaban J connectivity index is 2.81. The van der Waals surface area contributed by atoms with Crippen molar-refractivity contribution < 1.29 is 4.39 Å². The maximum atomic E-state index is 12.3. The molecule has 0 heterocycles. The monoisotopic (exact) mass is 110 g/mol.